The van der Waals surface area contributed by atoms with Crippen molar-refractivity contribution >= 4 is 22.0 Å². The number of benzene rings is 1. The number of carbonyl (C=O) groups excluding carboxylic acids is 1. The van der Waals surface area contributed by atoms with Crippen LogP contribution in [-0.4, -0.2) is 72.3 Å². The van der Waals surface area contributed by atoms with Crippen LogP contribution in [0, 0.1) is 5.92 Å². The number of esters is 1. The molecule has 0 atom stereocenters. The number of methoxy groups -OCH3 is 1. The largest absolute Gasteiger partial charge is 0.466 e. The van der Waals surface area contributed by atoms with Gasteiger partial charge in [0.15, 0.2) is 5.96 Å². The molecule has 10 heteroatoms. The second-order valence-corrected chi connectivity index (χ2v) is 8.72. The van der Waals surface area contributed by atoms with E-state index in [0.717, 1.165) is 24.4 Å². The molecule has 2 rings (SSSR count). The molecule has 2 N–H and O–H groups in total. The SMILES string of the molecule is CCOC(=O)C1CCN(C(=NC)NCc2cccc(S(=O)(=O)NCCOC)c2)CC1. The highest BCUT2D eigenvalue weighted by molar-refractivity contribution is 7.89. The van der Waals surface area contributed by atoms with E-state index in [1.54, 1.807) is 25.2 Å². The Hall–Kier alpha value is -2.17. The van der Waals surface area contributed by atoms with Gasteiger partial charge in [-0.3, -0.25) is 9.79 Å². The maximum atomic E-state index is 12.4. The molecule has 0 unspecified atom stereocenters. The summed E-state index contributed by atoms with van der Waals surface area (Å²) in [6, 6.07) is 6.78. The maximum absolute atomic E-state index is 12.4. The first-order chi connectivity index (χ1) is 14.4. The number of hydrogen-bond acceptors (Lipinski definition) is 6. The lowest BCUT2D eigenvalue weighted by molar-refractivity contribution is -0.149. The van der Waals surface area contributed by atoms with Crippen molar-refractivity contribution in [2.75, 3.05) is 47.0 Å². The summed E-state index contributed by atoms with van der Waals surface area (Å²) in [5.74, 6) is 0.535. The Morgan fingerprint density at radius 3 is 2.67 bits per heavy atom. The van der Waals surface area contributed by atoms with Crippen molar-refractivity contribution in [3.8, 4) is 0 Å². The quantitative estimate of drug-likeness (QED) is 0.255. The van der Waals surface area contributed by atoms with Gasteiger partial charge in [-0.15, -0.1) is 0 Å². The fourth-order valence-corrected chi connectivity index (χ4v) is 4.37. The third-order valence-corrected chi connectivity index (χ3v) is 6.34. The number of hydrogen-bond donors (Lipinski definition) is 2. The van der Waals surface area contributed by atoms with Crippen LogP contribution >= 0.6 is 0 Å². The van der Waals surface area contributed by atoms with Crippen LogP contribution in [0.1, 0.15) is 25.3 Å². The average molecular weight is 441 g/mol. The molecule has 0 aromatic heterocycles. The van der Waals surface area contributed by atoms with E-state index in [2.05, 4.69) is 19.9 Å². The van der Waals surface area contributed by atoms with Crippen LogP contribution in [0.3, 0.4) is 0 Å². The fourth-order valence-electron chi connectivity index (χ4n) is 3.28. The maximum Gasteiger partial charge on any atom is 0.309 e. The smallest absolute Gasteiger partial charge is 0.309 e. The number of guanidine groups is 1. The molecule has 0 radical (unpaired) electrons. The first-order valence-electron chi connectivity index (χ1n) is 10.1. The lowest BCUT2D eigenvalue weighted by atomic mass is 9.97. The van der Waals surface area contributed by atoms with E-state index in [1.165, 1.54) is 7.11 Å². The monoisotopic (exact) mass is 440 g/mol. The van der Waals surface area contributed by atoms with Crippen LogP contribution in [0.5, 0.6) is 0 Å². The van der Waals surface area contributed by atoms with Crippen LogP contribution in [0.2, 0.25) is 0 Å². The minimum absolute atomic E-state index is 0.0631. The summed E-state index contributed by atoms with van der Waals surface area (Å²) in [6.45, 7) is 4.60. The fraction of sp³-hybridized carbons (Fsp3) is 0.600. The van der Waals surface area contributed by atoms with Crippen molar-refractivity contribution in [2.45, 2.75) is 31.2 Å². The van der Waals surface area contributed by atoms with E-state index < -0.39 is 10.0 Å². The molecule has 168 valence electrons. The van der Waals surface area contributed by atoms with Gasteiger partial charge in [0.1, 0.15) is 0 Å². The van der Waals surface area contributed by atoms with E-state index >= 15 is 0 Å². The average Bonchev–Trinajstić information content (AvgIpc) is 2.75. The number of nitrogens with one attached hydrogen (secondary N) is 2. The summed E-state index contributed by atoms with van der Waals surface area (Å²) in [7, 11) is -0.352. The van der Waals surface area contributed by atoms with Crippen LogP contribution in [0.4, 0.5) is 0 Å². The van der Waals surface area contributed by atoms with E-state index in [4.69, 9.17) is 9.47 Å². The zero-order chi connectivity index (χ0) is 22.0. The van der Waals surface area contributed by atoms with E-state index in [-0.39, 0.29) is 23.3 Å². The van der Waals surface area contributed by atoms with Gasteiger partial charge < -0.3 is 19.7 Å². The second kappa shape index (κ2) is 11.9. The van der Waals surface area contributed by atoms with Crippen molar-refractivity contribution in [2.24, 2.45) is 10.9 Å². The number of sulfonamides is 1. The molecule has 30 heavy (non-hydrogen) atoms. The molecule has 0 bridgehead atoms. The Morgan fingerprint density at radius 2 is 2.03 bits per heavy atom. The lowest BCUT2D eigenvalue weighted by Gasteiger charge is -2.33. The Kier molecular flexibility index (Phi) is 9.54. The standard InChI is InChI=1S/C20H32N4O5S/c1-4-29-19(25)17-8-11-24(12-9-17)20(21-2)22-15-16-6-5-7-18(14-16)30(26,27)23-10-13-28-3/h5-7,14,17,23H,4,8-13,15H2,1-3H3,(H,21,22). The van der Waals surface area contributed by atoms with E-state index in [9.17, 15) is 13.2 Å². The molecule has 0 saturated carbocycles. The number of nitrogens with zero attached hydrogens (tertiary/aromatic N) is 2. The van der Waals surface area contributed by atoms with Crippen molar-refractivity contribution in [1.29, 1.82) is 0 Å². The minimum Gasteiger partial charge on any atom is -0.466 e. The van der Waals surface area contributed by atoms with Gasteiger partial charge in [0, 0.05) is 40.3 Å². The first-order valence-corrected chi connectivity index (χ1v) is 11.6. The summed E-state index contributed by atoms with van der Waals surface area (Å²) in [5.41, 5.74) is 0.826. The summed E-state index contributed by atoms with van der Waals surface area (Å²) in [4.78, 5) is 18.5. The summed E-state index contributed by atoms with van der Waals surface area (Å²) in [6.07, 6.45) is 1.45. The molecule has 1 saturated heterocycles. The third kappa shape index (κ3) is 6.96. The first kappa shape index (κ1) is 24.1. The van der Waals surface area contributed by atoms with Gasteiger partial charge in [-0.2, -0.15) is 0 Å². The molecule has 1 fully saturated rings. The number of rotatable bonds is 9. The normalized spacial score (nSPS) is 15.8. The molecule has 0 aliphatic carbocycles. The van der Waals surface area contributed by atoms with Crippen molar-refractivity contribution < 1.29 is 22.7 Å². The lowest BCUT2D eigenvalue weighted by Crippen LogP contribution is -2.46. The van der Waals surface area contributed by atoms with Gasteiger partial charge in [0.25, 0.3) is 0 Å². The molecular weight excluding hydrogens is 408 g/mol. The summed E-state index contributed by atoms with van der Waals surface area (Å²) in [5, 5.41) is 3.28. The van der Waals surface area contributed by atoms with Gasteiger partial charge in [-0.25, -0.2) is 13.1 Å². The van der Waals surface area contributed by atoms with Gasteiger partial charge in [0.2, 0.25) is 10.0 Å². The van der Waals surface area contributed by atoms with Crippen LogP contribution in [0.25, 0.3) is 0 Å². The third-order valence-electron chi connectivity index (χ3n) is 4.88. The van der Waals surface area contributed by atoms with E-state index in [0.29, 0.717) is 32.8 Å². The zero-order valence-electron chi connectivity index (χ0n) is 17.9. The van der Waals surface area contributed by atoms with Crippen LogP contribution in [0.15, 0.2) is 34.2 Å². The Balaban J connectivity index is 1.92. The highest BCUT2D eigenvalue weighted by Gasteiger charge is 2.27. The molecular formula is C20H32N4O5S. The van der Waals surface area contributed by atoms with Gasteiger partial charge >= 0.3 is 5.97 Å². The Labute approximate surface area is 178 Å². The van der Waals surface area contributed by atoms with Crippen molar-refractivity contribution in [3.63, 3.8) is 0 Å². The topological polar surface area (TPSA) is 109 Å². The van der Waals surface area contributed by atoms with Crippen LogP contribution < -0.4 is 10.0 Å². The molecule has 1 aromatic carbocycles. The highest BCUT2D eigenvalue weighted by atomic mass is 32.2. The molecule has 1 aliphatic heterocycles. The predicted molar refractivity (Wildman–Crippen MR) is 115 cm³/mol. The molecule has 1 aliphatic rings. The summed E-state index contributed by atoms with van der Waals surface area (Å²) < 4.78 is 37.3. The molecule has 0 spiro atoms. The molecule has 9 nitrogen and oxygen atoms in total. The van der Waals surface area contributed by atoms with Gasteiger partial charge in [0.05, 0.1) is 24.0 Å². The minimum atomic E-state index is -3.58. The van der Waals surface area contributed by atoms with E-state index in [1.807, 2.05) is 13.0 Å². The second-order valence-electron chi connectivity index (χ2n) is 6.95. The van der Waals surface area contributed by atoms with Crippen molar-refractivity contribution in [3.05, 3.63) is 29.8 Å². The van der Waals surface area contributed by atoms with Crippen molar-refractivity contribution in [1.82, 2.24) is 14.9 Å². The predicted octanol–water partition coefficient (Wildman–Crippen LogP) is 0.962. The Morgan fingerprint density at radius 1 is 1.30 bits per heavy atom. The summed E-state index contributed by atoms with van der Waals surface area (Å²) >= 11 is 0. The Bertz CT molecular complexity index is 820. The number of piperidine rings is 1. The molecule has 0 amide bonds. The number of ether oxygens (including phenoxy) is 2. The molecule has 1 heterocycles. The molecule has 1 aromatic rings. The zero-order valence-corrected chi connectivity index (χ0v) is 18.7. The highest BCUT2D eigenvalue weighted by Crippen LogP contribution is 2.19. The van der Waals surface area contributed by atoms with Crippen LogP contribution in [-0.2, 0) is 30.8 Å². The van der Waals surface area contributed by atoms with Gasteiger partial charge in [-0.1, -0.05) is 12.1 Å². The number of aliphatic imine (C=N–C) groups is 1. The number of carbonyl (C=O) groups is 1. The van der Waals surface area contributed by atoms with Gasteiger partial charge in [-0.05, 0) is 37.5 Å². The number of likely N-dealkylation sites (tertiary alicyclic amines) is 1.